The topological polar surface area (TPSA) is 24.9 Å². The summed E-state index contributed by atoms with van der Waals surface area (Å²) in [7, 11) is 0. The number of benzene rings is 1. The van der Waals surface area contributed by atoms with Crippen LogP contribution in [0.5, 0.6) is 0 Å². The van der Waals surface area contributed by atoms with E-state index in [4.69, 9.17) is 4.98 Å². The van der Waals surface area contributed by atoms with Crippen molar-refractivity contribution >= 4 is 0 Å². The van der Waals surface area contributed by atoms with E-state index in [1.807, 2.05) is 0 Å². The van der Waals surface area contributed by atoms with Crippen LogP contribution in [0.25, 0.3) is 11.3 Å². The second kappa shape index (κ2) is 13.5. The molecule has 1 aromatic heterocycles. The van der Waals surface area contributed by atoms with Crippen molar-refractivity contribution in [2.75, 3.05) is 6.54 Å². The maximum Gasteiger partial charge on any atom is 0.0710 e. The summed E-state index contributed by atoms with van der Waals surface area (Å²) in [5.74, 6) is 0. The lowest BCUT2D eigenvalue weighted by Crippen LogP contribution is -2.16. The van der Waals surface area contributed by atoms with E-state index in [0.717, 1.165) is 37.3 Å². The van der Waals surface area contributed by atoms with Gasteiger partial charge < -0.3 is 5.32 Å². The molecule has 2 aromatic rings. The Kier molecular flexibility index (Phi) is 11.0. The SMILES string of the molecule is CCCCCCCCCCNCc1ccc(-c2c(CC)cccc2CC)nc1C. The number of rotatable bonds is 14. The summed E-state index contributed by atoms with van der Waals surface area (Å²) in [6.07, 6.45) is 13.1. The van der Waals surface area contributed by atoms with Crippen molar-refractivity contribution in [1.82, 2.24) is 10.3 Å². The summed E-state index contributed by atoms with van der Waals surface area (Å²) in [6, 6.07) is 11.1. The first-order chi connectivity index (χ1) is 14.2. The number of nitrogens with one attached hydrogen (secondary N) is 1. The second-order valence-electron chi connectivity index (χ2n) is 8.25. The Labute approximate surface area is 179 Å². The molecule has 29 heavy (non-hydrogen) atoms. The largest absolute Gasteiger partial charge is 0.313 e. The van der Waals surface area contributed by atoms with Crippen molar-refractivity contribution in [2.45, 2.75) is 98.4 Å². The Balaban J connectivity index is 1.82. The van der Waals surface area contributed by atoms with Gasteiger partial charge in [0.25, 0.3) is 0 Å². The molecule has 0 amide bonds. The molecule has 0 atom stereocenters. The van der Waals surface area contributed by atoms with Crippen LogP contribution < -0.4 is 5.32 Å². The minimum absolute atomic E-state index is 0.922. The molecule has 2 nitrogen and oxygen atoms in total. The first-order valence-corrected chi connectivity index (χ1v) is 12.0. The van der Waals surface area contributed by atoms with E-state index in [1.54, 1.807) is 0 Å². The van der Waals surface area contributed by atoms with Crippen LogP contribution in [0.1, 0.15) is 94.5 Å². The maximum atomic E-state index is 4.98. The third kappa shape index (κ3) is 7.59. The molecule has 1 heterocycles. The molecule has 0 spiro atoms. The van der Waals surface area contributed by atoms with Crippen LogP contribution in [0.4, 0.5) is 0 Å². The summed E-state index contributed by atoms with van der Waals surface area (Å²) in [6.45, 7) is 10.9. The summed E-state index contributed by atoms with van der Waals surface area (Å²) in [4.78, 5) is 4.98. The normalized spacial score (nSPS) is 11.2. The Bertz CT molecular complexity index is 698. The fourth-order valence-electron chi connectivity index (χ4n) is 4.09. The number of aryl methyl sites for hydroxylation is 3. The fourth-order valence-corrected chi connectivity index (χ4v) is 4.09. The smallest absolute Gasteiger partial charge is 0.0710 e. The number of pyridine rings is 1. The zero-order chi connectivity index (χ0) is 20.9. The summed E-state index contributed by atoms with van der Waals surface area (Å²) in [5.41, 5.74) is 7.75. The third-order valence-electron chi connectivity index (χ3n) is 5.97. The number of hydrogen-bond donors (Lipinski definition) is 1. The molecule has 0 bridgehead atoms. The molecule has 2 heteroatoms. The number of aromatic nitrogens is 1. The van der Waals surface area contributed by atoms with E-state index >= 15 is 0 Å². The van der Waals surface area contributed by atoms with Crippen molar-refractivity contribution < 1.29 is 0 Å². The molecule has 160 valence electrons. The molecule has 0 fully saturated rings. The van der Waals surface area contributed by atoms with Crippen LogP contribution in [-0.2, 0) is 19.4 Å². The van der Waals surface area contributed by atoms with Crippen LogP contribution in [0, 0.1) is 6.92 Å². The van der Waals surface area contributed by atoms with Crippen LogP contribution in [-0.4, -0.2) is 11.5 Å². The van der Waals surface area contributed by atoms with Gasteiger partial charge in [0.05, 0.1) is 5.69 Å². The minimum Gasteiger partial charge on any atom is -0.313 e. The highest BCUT2D eigenvalue weighted by Crippen LogP contribution is 2.28. The lowest BCUT2D eigenvalue weighted by Gasteiger charge is -2.15. The highest BCUT2D eigenvalue weighted by Gasteiger charge is 2.11. The summed E-state index contributed by atoms with van der Waals surface area (Å²) >= 11 is 0. The first kappa shape index (κ1) is 23.6. The van der Waals surface area contributed by atoms with E-state index in [1.165, 1.54) is 73.6 Å². The molecule has 0 saturated carbocycles. The number of hydrogen-bond acceptors (Lipinski definition) is 2. The lowest BCUT2D eigenvalue weighted by molar-refractivity contribution is 0.554. The first-order valence-electron chi connectivity index (χ1n) is 12.0. The van der Waals surface area contributed by atoms with Gasteiger partial charge in [-0.1, -0.05) is 90.0 Å². The molecule has 0 saturated heterocycles. The molecule has 1 aromatic carbocycles. The Morgan fingerprint density at radius 3 is 1.93 bits per heavy atom. The van der Waals surface area contributed by atoms with Crippen molar-refractivity contribution in [3.05, 3.63) is 52.7 Å². The van der Waals surface area contributed by atoms with E-state index in [9.17, 15) is 0 Å². The molecule has 2 rings (SSSR count). The van der Waals surface area contributed by atoms with Crippen molar-refractivity contribution in [3.8, 4) is 11.3 Å². The van der Waals surface area contributed by atoms with E-state index < -0.39 is 0 Å². The van der Waals surface area contributed by atoms with Gasteiger partial charge in [-0.15, -0.1) is 0 Å². The molecule has 0 radical (unpaired) electrons. The quantitative estimate of drug-likeness (QED) is 0.337. The zero-order valence-corrected chi connectivity index (χ0v) is 19.3. The molecular weight excluding hydrogens is 352 g/mol. The number of nitrogens with zero attached hydrogens (tertiary/aromatic N) is 1. The van der Waals surface area contributed by atoms with Gasteiger partial charge in [-0.2, -0.15) is 0 Å². The molecule has 0 aliphatic carbocycles. The average Bonchev–Trinajstić information content (AvgIpc) is 2.75. The fraction of sp³-hybridized carbons (Fsp3) is 0.593. The summed E-state index contributed by atoms with van der Waals surface area (Å²) < 4.78 is 0. The van der Waals surface area contributed by atoms with E-state index in [2.05, 4.69) is 63.3 Å². The monoisotopic (exact) mass is 394 g/mol. The molecule has 0 aliphatic heterocycles. The zero-order valence-electron chi connectivity index (χ0n) is 19.3. The van der Waals surface area contributed by atoms with Gasteiger partial charge in [0, 0.05) is 17.8 Å². The third-order valence-corrected chi connectivity index (χ3v) is 5.97. The Morgan fingerprint density at radius 1 is 0.724 bits per heavy atom. The van der Waals surface area contributed by atoms with Crippen molar-refractivity contribution in [1.29, 1.82) is 0 Å². The Morgan fingerprint density at radius 2 is 1.34 bits per heavy atom. The second-order valence-corrected chi connectivity index (χ2v) is 8.25. The predicted molar refractivity (Wildman–Crippen MR) is 127 cm³/mol. The van der Waals surface area contributed by atoms with Crippen molar-refractivity contribution in [3.63, 3.8) is 0 Å². The molecular formula is C27H42N2. The molecule has 1 N–H and O–H groups in total. The highest BCUT2D eigenvalue weighted by atomic mass is 14.9. The highest BCUT2D eigenvalue weighted by molar-refractivity contribution is 5.68. The van der Waals surface area contributed by atoms with Crippen LogP contribution >= 0.6 is 0 Å². The van der Waals surface area contributed by atoms with Crippen LogP contribution in [0.2, 0.25) is 0 Å². The van der Waals surface area contributed by atoms with Crippen molar-refractivity contribution in [2.24, 2.45) is 0 Å². The Hall–Kier alpha value is -1.67. The molecule has 0 unspecified atom stereocenters. The summed E-state index contributed by atoms with van der Waals surface area (Å²) in [5, 5.41) is 3.62. The van der Waals surface area contributed by atoms with Crippen LogP contribution in [0.15, 0.2) is 30.3 Å². The predicted octanol–water partition coefficient (Wildman–Crippen LogP) is 7.41. The minimum atomic E-state index is 0.922. The van der Waals surface area contributed by atoms with Gasteiger partial charge in [-0.3, -0.25) is 4.98 Å². The molecule has 0 aliphatic rings. The van der Waals surface area contributed by atoms with Gasteiger partial charge in [-0.25, -0.2) is 0 Å². The van der Waals surface area contributed by atoms with Gasteiger partial charge >= 0.3 is 0 Å². The van der Waals surface area contributed by atoms with Crippen LogP contribution in [0.3, 0.4) is 0 Å². The average molecular weight is 395 g/mol. The van der Waals surface area contributed by atoms with E-state index in [0.29, 0.717) is 0 Å². The van der Waals surface area contributed by atoms with Gasteiger partial charge in [0.1, 0.15) is 0 Å². The standard InChI is InChI=1S/C27H42N2/c1-5-8-9-10-11-12-13-14-20-28-21-25-18-19-26(29-22(25)4)27-23(6-2)16-15-17-24(27)7-3/h15-19,28H,5-14,20-21H2,1-4H3. The number of unbranched alkanes of at least 4 members (excludes halogenated alkanes) is 7. The lowest BCUT2D eigenvalue weighted by atomic mass is 9.94. The van der Waals surface area contributed by atoms with Gasteiger partial charge in [-0.05, 0) is 55.5 Å². The van der Waals surface area contributed by atoms with Gasteiger partial charge in [0.2, 0.25) is 0 Å². The maximum absolute atomic E-state index is 4.98. The van der Waals surface area contributed by atoms with E-state index in [-0.39, 0.29) is 0 Å². The van der Waals surface area contributed by atoms with Gasteiger partial charge in [0.15, 0.2) is 0 Å².